The van der Waals surface area contributed by atoms with Crippen molar-refractivity contribution in [1.82, 2.24) is 4.90 Å². The normalized spacial score (nSPS) is 25.3. The van der Waals surface area contributed by atoms with Crippen molar-refractivity contribution in [3.8, 4) is 0 Å². The van der Waals surface area contributed by atoms with Crippen LogP contribution in [0.1, 0.15) is 13.8 Å². The van der Waals surface area contributed by atoms with E-state index in [1.807, 2.05) is 6.20 Å². The lowest BCUT2D eigenvalue weighted by atomic mass is 10.0. The van der Waals surface area contributed by atoms with Crippen LogP contribution in [0.4, 0.5) is 0 Å². The number of hydrogen-bond donors (Lipinski definition) is 0. The fourth-order valence-corrected chi connectivity index (χ4v) is 2.00. The van der Waals surface area contributed by atoms with Gasteiger partial charge in [0, 0.05) is 12.4 Å². The van der Waals surface area contributed by atoms with E-state index in [9.17, 15) is 0 Å². The number of amidine groups is 1. The Balaban J connectivity index is 2.39. The van der Waals surface area contributed by atoms with Crippen molar-refractivity contribution in [3.05, 3.63) is 23.9 Å². The van der Waals surface area contributed by atoms with Crippen LogP contribution in [0, 0.1) is 0 Å². The van der Waals surface area contributed by atoms with E-state index in [1.54, 1.807) is 11.8 Å². The predicted octanol–water partition coefficient (Wildman–Crippen LogP) is 2.17. The first-order chi connectivity index (χ1) is 5.20. The summed E-state index contributed by atoms with van der Waals surface area (Å²) in [5.41, 5.74) is 0.0943. The molecule has 0 spiro atoms. The maximum atomic E-state index is 4.25. The van der Waals surface area contributed by atoms with Gasteiger partial charge in [0.25, 0.3) is 0 Å². The lowest BCUT2D eigenvalue weighted by Gasteiger charge is -2.34. The Bertz CT molecular complexity index is 263. The molecular weight excluding hydrogens is 156 g/mol. The highest BCUT2D eigenvalue weighted by molar-refractivity contribution is 8.16. The van der Waals surface area contributed by atoms with Crippen molar-refractivity contribution in [3.63, 3.8) is 0 Å². The monoisotopic (exact) mass is 166 g/mol. The van der Waals surface area contributed by atoms with Gasteiger partial charge in [0.05, 0.1) is 5.54 Å². The van der Waals surface area contributed by atoms with Gasteiger partial charge in [-0.25, -0.2) is 4.99 Å². The van der Waals surface area contributed by atoms with Crippen LogP contribution in [0.25, 0.3) is 0 Å². The number of hydrogen-bond acceptors (Lipinski definition) is 3. The molecule has 0 saturated heterocycles. The zero-order valence-electron chi connectivity index (χ0n) is 6.61. The number of nitrogens with zero attached hydrogens (tertiary/aromatic N) is 2. The van der Waals surface area contributed by atoms with Crippen molar-refractivity contribution in [2.24, 2.45) is 4.99 Å². The zero-order valence-corrected chi connectivity index (χ0v) is 7.43. The van der Waals surface area contributed by atoms with Gasteiger partial charge in [0.2, 0.25) is 0 Å². The van der Waals surface area contributed by atoms with Gasteiger partial charge in [-0.05, 0) is 25.3 Å². The maximum Gasteiger partial charge on any atom is 0.172 e. The maximum absolute atomic E-state index is 4.25. The molecule has 0 aromatic heterocycles. The number of fused-ring (bicyclic) bond motifs is 1. The van der Waals surface area contributed by atoms with Crippen LogP contribution >= 0.6 is 11.8 Å². The van der Waals surface area contributed by atoms with E-state index in [0.29, 0.717) is 0 Å². The molecule has 2 aliphatic heterocycles. The first kappa shape index (κ1) is 6.98. The second-order valence-electron chi connectivity index (χ2n) is 3.15. The summed E-state index contributed by atoms with van der Waals surface area (Å²) >= 11 is 1.67. The van der Waals surface area contributed by atoms with Gasteiger partial charge in [-0.3, -0.25) is 0 Å². The first-order valence-electron chi connectivity index (χ1n) is 3.58. The molecule has 2 rings (SSSR count). The van der Waals surface area contributed by atoms with Crippen molar-refractivity contribution >= 4 is 16.9 Å². The molecule has 0 atom stereocenters. The summed E-state index contributed by atoms with van der Waals surface area (Å²) in [7, 11) is 0. The summed E-state index contributed by atoms with van der Waals surface area (Å²) in [6.07, 6.45) is 6.06. The smallest absolute Gasteiger partial charge is 0.172 e. The molecule has 0 N–H and O–H groups in total. The predicted molar refractivity (Wildman–Crippen MR) is 49.2 cm³/mol. The Morgan fingerprint density at radius 2 is 2.36 bits per heavy atom. The van der Waals surface area contributed by atoms with Gasteiger partial charge in [-0.2, -0.15) is 0 Å². The molecule has 0 bridgehead atoms. The van der Waals surface area contributed by atoms with E-state index in [0.717, 1.165) is 5.17 Å². The zero-order chi connectivity index (χ0) is 7.90. The minimum atomic E-state index is 0.0943. The molecular formula is C8H10N2S. The molecule has 2 heterocycles. The van der Waals surface area contributed by atoms with Gasteiger partial charge in [-0.1, -0.05) is 11.8 Å². The van der Waals surface area contributed by atoms with E-state index in [4.69, 9.17) is 0 Å². The van der Waals surface area contributed by atoms with Crippen LogP contribution < -0.4 is 0 Å². The molecule has 58 valence electrons. The van der Waals surface area contributed by atoms with Crippen LogP contribution in [0.5, 0.6) is 0 Å². The molecule has 0 unspecified atom stereocenters. The average Bonchev–Trinajstić information content (AvgIpc) is 2.34. The van der Waals surface area contributed by atoms with Gasteiger partial charge >= 0.3 is 0 Å². The fraction of sp³-hybridized carbons (Fsp3) is 0.375. The van der Waals surface area contributed by atoms with E-state index in [1.165, 1.54) is 0 Å². The van der Waals surface area contributed by atoms with E-state index in [-0.39, 0.29) is 5.54 Å². The highest BCUT2D eigenvalue weighted by Gasteiger charge is 2.29. The molecule has 11 heavy (non-hydrogen) atoms. The minimum absolute atomic E-state index is 0.0943. The molecule has 0 aromatic carbocycles. The third kappa shape index (κ3) is 0.997. The average molecular weight is 166 g/mol. The molecule has 0 fully saturated rings. The Morgan fingerprint density at radius 1 is 1.55 bits per heavy atom. The summed E-state index contributed by atoms with van der Waals surface area (Å²) in [4.78, 5) is 6.43. The van der Waals surface area contributed by atoms with Gasteiger partial charge in [0.1, 0.15) is 0 Å². The van der Waals surface area contributed by atoms with Gasteiger partial charge in [-0.15, -0.1) is 0 Å². The van der Waals surface area contributed by atoms with E-state index < -0.39 is 0 Å². The van der Waals surface area contributed by atoms with Crippen molar-refractivity contribution in [1.29, 1.82) is 0 Å². The van der Waals surface area contributed by atoms with E-state index >= 15 is 0 Å². The molecule has 0 saturated carbocycles. The Hall–Kier alpha value is -0.700. The molecule has 0 aliphatic carbocycles. The SMILES string of the molecule is CC1(C)C=CN=C2SC=CN21. The Labute approximate surface area is 70.7 Å². The lowest BCUT2D eigenvalue weighted by molar-refractivity contribution is 0.357. The van der Waals surface area contributed by atoms with Crippen LogP contribution in [0.2, 0.25) is 0 Å². The minimum Gasteiger partial charge on any atom is -0.318 e. The van der Waals surface area contributed by atoms with Crippen LogP contribution in [0.3, 0.4) is 0 Å². The van der Waals surface area contributed by atoms with Gasteiger partial charge in [0.15, 0.2) is 5.17 Å². The molecule has 2 aliphatic rings. The summed E-state index contributed by atoms with van der Waals surface area (Å²) < 4.78 is 0. The second kappa shape index (κ2) is 2.14. The van der Waals surface area contributed by atoms with Crippen molar-refractivity contribution in [2.75, 3.05) is 0 Å². The summed E-state index contributed by atoms with van der Waals surface area (Å²) in [6.45, 7) is 4.35. The van der Waals surface area contributed by atoms with Crippen LogP contribution in [-0.2, 0) is 0 Å². The third-order valence-corrected chi connectivity index (χ3v) is 2.65. The van der Waals surface area contributed by atoms with Crippen LogP contribution in [0.15, 0.2) is 28.9 Å². The third-order valence-electron chi connectivity index (χ3n) is 1.88. The Morgan fingerprint density at radius 3 is 3.09 bits per heavy atom. The molecule has 0 amide bonds. The van der Waals surface area contributed by atoms with Crippen molar-refractivity contribution < 1.29 is 0 Å². The highest BCUT2D eigenvalue weighted by Crippen LogP contribution is 2.31. The van der Waals surface area contributed by atoms with Crippen LogP contribution in [-0.4, -0.2) is 15.6 Å². The topological polar surface area (TPSA) is 15.6 Å². The van der Waals surface area contributed by atoms with E-state index in [2.05, 4.69) is 41.4 Å². The lowest BCUT2D eigenvalue weighted by Crippen LogP contribution is -2.41. The fourth-order valence-electron chi connectivity index (χ4n) is 1.17. The molecule has 0 radical (unpaired) electrons. The molecule has 3 heteroatoms. The summed E-state index contributed by atoms with van der Waals surface area (Å²) in [6, 6.07) is 0. The standard InChI is InChI=1S/C8H10N2S/c1-8(2)3-4-9-7-10(8)5-6-11-7/h3-6H,1-2H3. The highest BCUT2D eigenvalue weighted by atomic mass is 32.2. The summed E-state index contributed by atoms with van der Waals surface area (Å²) in [5.74, 6) is 0. The quantitative estimate of drug-likeness (QED) is 0.548. The summed E-state index contributed by atoms with van der Waals surface area (Å²) in [5, 5.41) is 3.14. The number of rotatable bonds is 0. The van der Waals surface area contributed by atoms with Gasteiger partial charge < -0.3 is 4.90 Å². The first-order valence-corrected chi connectivity index (χ1v) is 4.46. The van der Waals surface area contributed by atoms with Crippen molar-refractivity contribution in [2.45, 2.75) is 19.4 Å². The largest absolute Gasteiger partial charge is 0.318 e. The second-order valence-corrected chi connectivity index (χ2v) is 4.03. The number of thioether (sulfide) groups is 1. The molecule has 2 nitrogen and oxygen atoms in total. The molecule has 0 aromatic rings. The number of aliphatic imine (C=N–C) groups is 1. The Kier molecular flexibility index (Phi) is 1.36.